The second kappa shape index (κ2) is 2.33. The minimum atomic E-state index is 1.26. The van der Waals surface area contributed by atoms with Gasteiger partial charge in [0.2, 0.25) is 0 Å². The van der Waals surface area contributed by atoms with Gasteiger partial charge in [-0.1, -0.05) is 6.08 Å². The molecule has 0 saturated carbocycles. The number of hydrogen-bond acceptors (Lipinski definition) is 0. The highest BCUT2D eigenvalue weighted by molar-refractivity contribution is 5.66. The summed E-state index contributed by atoms with van der Waals surface area (Å²) in [5.41, 5.74) is 2.89. The Morgan fingerprint density at radius 2 is 2.40 bits per heavy atom. The molecule has 1 heteroatoms. The van der Waals surface area contributed by atoms with Crippen molar-refractivity contribution < 1.29 is 0 Å². The van der Waals surface area contributed by atoms with E-state index in [4.69, 9.17) is 0 Å². The maximum absolute atomic E-state index is 3.07. The van der Waals surface area contributed by atoms with Gasteiger partial charge in [0.05, 0.1) is 0 Å². The number of aromatic amines is 1. The highest BCUT2D eigenvalue weighted by atomic mass is 14.6. The fourth-order valence-electron chi connectivity index (χ4n) is 1.46. The SMILES string of the molecule is C1=C(c2cc[nH]c2)CCC1. The fraction of sp³-hybridized carbons (Fsp3) is 0.333. The molecule has 0 bridgehead atoms. The van der Waals surface area contributed by atoms with Crippen molar-refractivity contribution in [2.45, 2.75) is 19.3 Å². The summed E-state index contributed by atoms with van der Waals surface area (Å²) in [5.74, 6) is 0. The van der Waals surface area contributed by atoms with Gasteiger partial charge in [0, 0.05) is 12.4 Å². The molecular weight excluding hydrogens is 122 g/mol. The third-order valence-electron chi connectivity index (χ3n) is 2.01. The topological polar surface area (TPSA) is 15.8 Å². The first-order chi connectivity index (χ1) is 4.97. The molecule has 10 heavy (non-hydrogen) atoms. The van der Waals surface area contributed by atoms with Gasteiger partial charge in [-0.15, -0.1) is 0 Å². The first-order valence-corrected chi connectivity index (χ1v) is 3.79. The maximum Gasteiger partial charge on any atom is 0.00807 e. The van der Waals surface area contributed by atoms with Gasteiger partial charge in [-0.2, -0.15) is 0 Å². The summed E-state index contributed by atoms with van der Waals surface area (Å²) >= 11 is 0. The lowest BCUT2D eigenvalue weighted by atomic mass is 10.1. The zero-order chi connectivity index (χ0) is 6.81. The molecular formula is C9H11N. The molecule has 0 unspecified atom stereocenters. The van der Waals surface area contributed by atoms with Crippen molar-refractivity contribution in [1.82, 2.24) is 4.98 Å². The minimum Gasteiger partial charge on any atom is -0.367 e. The normalized spacial score (nSPS) is 17.4. The first kappa shape index (κ1) is 5.78. The Bertz CT molecular complexity index is 231. The summed E-state index contributed by atoms with van der Waals surface area (Å²) in [6, 6.07) is 2.14. The molecule has 1 aromatic heterocycles. The van der Waals surface area contributed by atoms with Crippen LogP contribution in [0.4, 0.5) is 0 Å². The number of H-pyrrole nitrogens is 1. The Hall–Kier alpha value is -0.980. The summed E-state index contributed by atoms with van der Waals surface area (Å²) in [6.07, 6.45) is 10.2. The fourth-order valence-corrected chi connectivity index (χ4v) is 1.46. The number of rotatable bonds is 1. The van der Waals surface area contributed by atoms with Crippen molar-refractivity contribution >= 4 is 5.57 Å². The zero-order valence-corrected chi connectivity index (χ0v) is 5.93. The van der Waals surface area contributed by atoms with E-state index in [1.807, 2.05) is 6.20 Å². The third kappa shape index (κ3) is 0.878. The first-order valence-electron chi connectivity index (χ1n) is 3.79. The van der Waals surface area contributed by atoms with Crippen LogP contribution in [-0.2, 0) is 0 Å². The van der Waals surface area contributed by atoms with E-state index in [0.717, 1.165) is 0 Å². The highest BCUT2D eigenvalue weighted by Crippen LogP contribution is 2.26. The third-order valence-corrected chi connectivity index (χ3v) is 2.01. The van der Waals surface area contributed by atoms with Crippen LogP contribution < -0.4 is 0 Å². The molecule has 0 radical (unpaired) electrons. The van der Waals surface area contributed by atoms with Gasteiger partial charge in [-0.3, -0.25) is 0 Å². The van der Waals surface area contributed by atoms with Gasteiger partial charge in [0.1, 0.15) is 0 Å². The maximum atomic E-state index is 3.07. The Labute approximate surface area is 60.8 Å². The van der Waals surface area contributed by atoms with Crippen LogP contribution in [0.25, 0.3) is 5.57 Å². The Morgan fingerprint density at radius 1 is 1.40 bits per heavy atom. The molecule has 1 aliphatic rings. The van der Waals surface area contributed by atoms with Crippen LogP contribution in [0.1, 0.15) is 24.8 Å². The van der Waals surface area contributed by atoms with Gasteiger partial charge in [-0.05, 0) is 36.5 Å². The van der Waals surface area contributed by atoms with Crippen molar-refractivity contribution in [2.75, 3.05) is 0 Å². The van der Waals surface area contributed by atoms with E-state index in [1.165, 1.54) is 30.4 Å². The quantitative estimate of drug-likeness (QED) is 0.606. The van der Waals surface area contributed by atoms with Crippen LogP contribution in [0.2, 0.25) is 0 Å². The van der Waals surface area contributed by atoms with Crippen LogP contribution in [0.5, 0.6) is 0 Å². The average Bonchev–Trinajstić information content (AvgIpc) is 2.59. The van der Waals surface area contributed by atoms with Crippen LogP contribution in [0, 0.1) is 0 Å². The van der Waals surface area contributed by atoms with Gasteiger partial charge in [0.15, 0.2) is 0 Å². The van der Waals surface area contributed by atoms with E-state index < -0.39 is 0 Å². The molecule has 2 rings (SSSR count). The second-order valence-electron chi connectivity index (χ2n) is 2.72. The summed E-state index contributed by atoms with van der Waals surface area (Å²) < 4.78 is 0. The summed E-state index contributed by atoms with van der Waals surface area (Å²) in [7, 11) is 0. The van der Waals surface area contributed by atoms with Gasteiger partial charge < -0.3 is 4.98 Å². The number of nitrogens with one attached hydrogen (secondary N) is 1. The van der Waals surface area contributed by atoms with E-state index in [2.05, 4.69) is 23.3 Å². The number of aromatic nitrogens is 1. The summed E-state index contributed by atoms with van der Waals surface area (Å²) in [6.45, 7) is 0. The molecule has 0 atom stereocenters. The van der Waals surface area contributed by atoms with Crippen LogP contribution in [0.15, 0.2) is 24.5 Å². The second-order valence-corrected chi connectivity index (χ2v) is 2.72. The van der Waals surface area contributed by atoms with E-state index >= 15 is 0 Å². The molecule has 0 saturated heterocycles. The summed E-state index contributed by atoms with van der Waals surface area (Å²) in [4.78, 5) is 3.07. The standard InChI is InChI=1S/C9H11N/c1-2-4-8(3-1)9-5-6-10-7-9/h3,5-7,10H,1-2,4H2. The van der Waals surface area contributed by atoms with Crippen molar-refractivity contribution in [3.8, 4) is 0 Å². The lowest BCUT2D eigenvalue weighted by Gasteiger charge is -1.93. The van der Waals surface area contributed by atoms with Crippen molar-refractivity contribution in [3.63, 3.8) is 0 Å². The largest absolute Gasteiger partial charge is 0.367 e. The smallest absolute Gasteiger partial charge is 0.00807 e. The molecule has 1 aromatic rings. The van der Waals surface area contributed by atoms with E-state index in [-0.39, 0.29) is 0 Å². The van der Waals surface area contributed by atoms with Crippen molar-refractivity contribution in [3.05, 3.63) is 30.1 Å². The minimum absolute atomic E-state index is 1.26. The predicted octanol–water partition coefficient (Wildman–Crippen LogP) is 2.58. The Kier molecular flexibility index (Phi) is 1.35. The van der Waals surface area contributed by atoms with E-state index in [1.54, 1.807) is 0 Å². The summed E-state index contributed by atoms with van der Waals surface area (Å²) in [5, 5.41) is 0. The van der Waals surface area contributed by atoms with Gasteiger partial charge >= 0.3 is 0 Å². The van der Waals surface area contributed by atoms with E-state index in [9.17, 15) is 0 Å². The molecule has 0 aliphatic heterocycles. The highest BCUT2D eigenvalue weighted by Gasteiger charge is 2.05. The predicted molar refractivity (Wildman–Crippen MR) is 42.6 cm³/mol. The molecule has 1 N–H and O–H groups in total. The van der Waals surface area contributed by atoms with Crippen LogP contribution in [0.3, 0.4) is 0 Å². The molecule has 1 heterocycles. The van der Waals surface area contributed by atoms with Crippen molar-refractivity contribution in [1.29, 1.82) is 0 Å². The molecule has 0 aromatic carbocycles. The van der Waals surface area contributed by atoms with Crippen LogP contribution >= 0.6 is 0 Å². The molecule has 1 nitrogen and oxygen atoms in total. The average molecular weight is 133 g/mol. The van der Waals surface area contributed by atoms with Crippen molar-refractivity contribution in [2.24, 2.45) is 0 Å². The number of hydrogen-bond donors (Lipinski definition) is 1. The molecule has 52 valence electrons. The molecule has 0 fully saturated rings. The molecule has 0 amide bonds. The number of allylic oxidation sites excluding steroid dienone is 2. The van der Waals surface area contributed by atoms with E-state index in [0.29, 0.717) is 0 Å². The zero-order valence-electron chi connectivity index (χ0n) is 5.93. The molecule has 0 spiro atoms. The lowest BCUT2D eigenvalue weighted by Crippen LogP contribution is -1.72. The Balaban J connectivity index is 2.28. The van der Waals surface area contributed by atoms with Gasteiger partial charge in [-0.25, -0.2) is 0 Å². The van der Waals surface area contributed by atoms with Gasteiger partial charge in [0.25, 0.3) is 0 Å². The Morgan fingerprint density at radius 3 is 3.00 bits per heavy atom. The lowest BCUT2D eigenvalue weighted by molar-refractivity contribution is 0.935. The van der Waals surface area contributed by atoms with Crippen LogP contribution in [-0.4, -0.2) is 4.98 Å². The molecule has 1 aliphatic carbocycles. The monoisotopic (exact) mass is 133 g/mol.